The lowest BCUT2D eigenvalue weighted by atomic mass is 9.92. The Hall–Kier alpha value is -1.13. The van der Waals surface area contributed by atoms with Gasteiger partial charge in [0.1, 0.15) is 5.82 Å². The van der Waals surface area contributed by atoms with Gasteiger partial charge in [0, 0.05) is 37.3 Å². The minimum Gasteiger partial charge on any atom is -0.381 e. The van der Waals surface area contributed by atoms with Crippen molar-refractivity contribution < 1.29 is 9.13 Å². The molecule has 4 heteroatoms. The number of nitrogens with zero attached hydrogens (tertiary/aromatic N) is 1. The van der Waals surface area contributed by atoms with Crippen LogP contribution in [-0.4, -0.2) is 32.3 Å². The van der Waals surface area contributed by atoms with Crippen molar-refractivity contribution in [3.8, 4) is 0 Å². The van der Waals surface area contributed by atoms with Crippen LogP contribution in [0, 0.1) is 11.7 Å². The summed E-state index contributed by atoms with van der Waals surface area (Å²) in [6.07, 6.45) is 3.24. The first-order chi connectivity index (χ1) is 9.29. The fourth-order valence-electron chi connectivity index (χ4n) is 3.36. The zero-order valence-corrected chi connectivity index (χ0v) is 11.1. The van der Waals surface area contributed by atoms with E-state index < -0.39 is 0 Å². The maximum Gasteiger partial charge on any atom is 0.125 e. The zero-order valence-electron chi connectivity index (χ0n) is 11.1. The summed E-state index contributed by atoms with van der Waals surface area (Å²) < 4.78 is 19.0. The van der Waals surface area contributed by atoms with Crippen LogP contribution in [0.4, 0.5) is 10.1 Å². The van der Waals surface area contributed by atoms with E-state index >= 15 is 0 Å². The topological polar surface area (TPSA) is 38.5 Å². The van der Waals surface area contributed by atoms with Crippen LogP contribution in [0.25, 0.3) is 0 Å². The fourth-order valence-corrected chi connectivity index (χ4v) is 3.36. The molecule has 0 spiro atoms. The van der Waals surface area contributed by atoms with Gasteiger partial charge in [0.2, 0.25) is 0 Å². The number of rotatable bonds is 3. The average molecular weight is 264 g/mol. The van der Waals surface area contributed by atoms with Crippen molar-refractivity contribution in [3.63, 3.8) is 0 Å². The molecule has 3 rings (SSSR count). The molecular weight excluding hydrogens is 243 g/mol. The molecule has 19 heavy (non-hydrogen) atoms. The Labute approximate surface area is 113 Å². The van der Waals surface area contributed by atoms with Gasteiger partial charge in [0.15, 0.2) is 0 Å². The van der Waals surface area contributed by atoms with Crippen LogP contribution in [0.5, 0.6) is 0 Å². The molecule has 1 aromatic rings. The van der Waals surface area contributed by atoms with E-state index in [1.165, 1.54) is 5.56 Å². The molecule has 3 nitrogen and oxygen atoms in total. The lowest BCUT2D eigenvalue weighted by Gasteiger charge is -2.37. The number of ether oxygens (including phenoxy) is 1. The summed E-state index contributed by atoms with van der Waals surface area (Å²) in [5.41, 5.74) is 8.25. The first-order valence-electron chi connectivity index (χ1n) is 7.12. The highest BCUT2D eigenvalue weighted by Gasteiger charge is 2.32. The second-order valence-electron chi connectivity index (χ2n) is 5.50. The van der Waals surface area contributed by atoms with E-state index in [4.69, 9.17) is 10.5 Å². The van der Waals surface area contributed by atoms with Gasteiger partial charge in [-0.15, -0.1) is 0 Å². The van der Waals surface area contributed by atoms with E-state index in [0.717, 1.165) is 44.7 Å². The van der Waals surface area contributed by atoms with Crippen molar-refractivity contribution in [2.75, 3.05) is 31.2 Å². The SMILES string of the molecule is NCC(C1CCCOC1)N1CCc2ccc(F)cc21. The van der Waals surface area contributed by atoms with Gasteiger partial charge in [-0.25, -0.2) is 4.39 Å². The summed E-state index contributed by atoms with van der Waals surface area (Å²) in [7, 11) is 0. The summed E-state index contributed by atoms with van der Waals surface area (Å²) in [6, 6.07) is 5.36. The van der Waals surface area contributed by atoms with Gasteiger partial charge >= 0.3 is 0 Å². The highest BCUT2D eigenvalue weighted by Crippen LogP contribution is 2.33. The first kappa shape index (κ1) is 12.9. The molecule has 2 aliphatic heterocycles. The maximum atomic E-state index is 13.5. The van der Waals surface area contributed by atoms with Crippen molar-refractivity contribution in [3.05, 3.63) is 29.6 Å². The third-order valence-electron chi connectivity index (χ3n) is 4.36. The highest BCUT2D eigenvalue weighted by atomic mass is 19.1. The Bertz CT molecular complexity index is 446. The lowest BCUT2D eigenvalue weighted by Crippen LogP contribution is -2.47. The molecule has 1 fully saturated rings. The second kappa shape index (κ2) is 5.47. The van der Waals surface area contributed by atoms with Crippen LogP contribution in [-0.2, 0) is 11.2 Å². The predicted molar refractivity (Wildman–Crippen MR) is 73.8 cm³/mol. The molecule has 0 amide bonds. The summed E-state index contributed by atoms with van der Waals surface area (Å²) in [4.78, 5) is 2.29. The molecule has 2 atom stereocenters. The number of benzene rings is 1. The molecule has 2 unspecified atom stereocenters. The molecule has 0 bridgehead atoms. The molecule has 0 aromatic heterocycles. The normalized spacial score (nSPS) is 24.3. The maximum absolute atomic E-state index is 13.5. The Balaban J connectivity index is 1.83. The molecule has 0 radical (unpaired) electrons. The largest absolute Gasteiger partial charge is 0.381 e. The molecule has 0 aliphatic carbocycles. The third kappa shape index (κ3) is 2.47. The van der Waals surface area contributed by atoms with Crippen molar-refractivity contribution in [2.24, 2.45) is 11.7 Å². The average Bonchev–Trinajstić information content (AvgIpc) is 2.84. The Morgan fingerprint density at radius 1 is 1.47 bits per heavy atom. The number of halogens is 1. The smallest absolute Gasteiger partial charge is 0.125 e. The highest BCUT2D eigenvalue weighted by molar-refractivity contribution is 5.59. The standard InChI is InChI=1S/C15H21FN2O/c16-13-4-3-11-5-6-18(14(11)8-13)15(9-17)12-2-1-7-19-10-12/h3-4,8,12,15H,1-2,5-7,9-10,17H2. The van der Waals surface area contributed by atoms with Crippen LogP contribution in [0.2, 0.25) is 0 Å². The number of anilines is 1. The molecule has 1 saturated heterocycles. The molecule has 2 aliphatic rings. The molecule has 0 saturated carbocycles. The number of fused-ring (bicyclic) bond motifs is 1. The minimum atomic E-state index is -0.165. The van der Waals surface area contributed by atoms with Crippen molar-refractivity contribution in [2.45, 2.75) is 25.3 Å². The van der Waals surface area contributed by atoms with Gasteiger partial charge in [-0.05, 0) is 37.0 Å². The summed E-state index contributed by atoms with van der Waals surface area (Å²) in [6.45, 7) is 3.18. The van der Waals surface area contributed by atoms with Gasteiger partial charge in [0.05, 0.1) is 6.61 Å². The predicted octanol–water partition coefficient (Wildman–Crippen LogP) is 1.94. The Morgan fingerprint density at radius 2 is 2.37 bits per heavy atom. The first-order valence-corrected chi connectivity index (χ1v) is 7.12. The van der Waals surface area contributed by atoms with E-state index in [1.54, 1.807) is 12.1 Å². The monoisotopic (exact) mass is 264 g/mol. The molecule has 2 heterocycles. The van der Waals surface area contributed by atoms with E-state index in [0.29, 0.717) is 12.5 Å². The van der Waals surface area contributed by atoms with Gasteiger partial charge < -0.3 is 15.4 Å². The summed E-state index contributed by atoms with van der Waals surface area (Å²) >= 11 is 0. The van der Waals surface area contributed by atoms with Gasteiger partial charge in [-0.3, -0.25) is 0 Å². The van der Waals surface area contributed by atoms with Crippen molar-refractivity contribution >= 4 is 5.69 Å². The van der Waals surface area contributed by atoms with Crippen LogP contribution >= 0.6 is 0 Å². The summed E-state index contributed by atoms with van der Waals surface area (Å²) in [5, 5.41) is 0. The van der Waals surface area contributed by atoms with E-state index in [9.17, 15) is 4.39 Å². The third-order valence-corrected chi connectivity index (χ3v) is 4.36. The van der Waals surface area contributed by atoms with E-state index in [2.05, 4.69) is 4.90 Å². The van der Waals surface area contributed by atoms with E-state index in [-0.39, 0.29) is 11.9 Å². The quantitative estimate of drug-likeness (QED) is 0.906. The number of hydrogen-bond acceptors (Lipinski definition) is 3. The van der Waals surface area contributed by atoms with Crippen LogP contribution in [0.1, 0.15) is 18.4 Å². The Kier molecular flexibility index (Phi) is 3.71. The van der Waals surface area contributed by atoms with Gasteiger partial charge in [0.25, 0.3) is 0 Å². The minimum absolute atomic E-state index is 0.165. The lowest BCUT2D eigenvalue weighted by molar-refractivity contribution is 0.0449. The Morgan fingerprint density at radius 3 is 3.11 bits per heavy atom. The van der Waals surface area contributed by atoms with Gasteiger partial charge in [-0.2, -0.15) is 0 Å². The van der Waals surface area contributed by atoms with Gasteiger partial charge in [-0.1, -0.05) is 6.07 Å². The fraction of sp³-hybridized carbons (Fsp3) is 0.600. The second-order valence-corrected chi connectivity index (χ2v) is 5.50. The van der Waals surface area contributed by atoms with Crippen molar-refractivity contribution in [1.82, 2.24) is 0 Å². The number of hydrogen-bond donors (Lipinski definition) is 1. The zero-order chi connectivity index (χ0) is 13.2. The van der Waals surface area contributed by atoms with Crippen LogP contribution in [0.3, 0.4) is 0 Å². The molecule has 104 valence electrons. The summed E-state index contributed by atoms with van der Waals surface area (Å²) in [5.74, 6) is 0.300. The molecule has 1 aromatic carbocycles. The molecule has 2 N–H and O–H groups in total. The van der Waals surface area contributed by atoms with Crippen LogP contribution < -0.4 is 10.6 Å². The van der Waals surface area contributed by atoms with Crippen LogP contribution in [0.15, 0.2) is 18.2 Å². The van der Waals surface area contributed by atoms with E-state index in [1.807, 2.05) is 6.07 Å². The van der Waals surface area contributed by atoms with Crippen molar-refractivity contribution in [1.29, 1.82) is 0 Å². The molecular formula is C15H21FN2O. The number of nitrogens with two attached hydrogens (primary N) is 1.